The van der Waals surface area contributed by atoms with Crippen LogP contribution in [0.5, 0.6) is 5.75 Å². The molecule has 0 radical (unpaired) electrons. The third-order valence-corrected chi connectivity index (χ3v) is 1.88. The first-order valence-electron chi connectivity index (χ1n) is 3.80. The van der Waals surface area contributed by atoms with Gasteiger partial charge in [-0.1, -0.05) is 17.3 Å². The van der Waals surface area contributed by atoms with Crippen LogP contribution in [-0.2, 0) is 0 Å². The SMILES string of the molecule is O=C1/C(=N/O)COc2ccccc21. The zero-order chi connectivity index (χ0) is 9.26. The number of hydrogen-bond acceptors (Lipinski definition) is 4. The molecular weight excluding hydrogens is 170 g/mol. The van der Waals surface area contributed by atoms with Crippen LogP contribution < -0.4 is 4.74 Å². The third kappa shape index (κ3) is 1.16. The van der Waals surface area contributed by atoms with Gasteiger partial charge in [-0.3, -0.25) is 4.79 Å². The van der Waals surface area contributed by atoms with Crippen LogP contribution in [0.2, 0.25) is 0 Å². The van der Waals surface area contributed by atoms with Crippen LogP contribution in [0, 0.1) is 0 Å². The molecule has 0 spiro atoms. The van der Waals surface area contributed by atoms with Crippen LogP contribution >= 0.6 is 0 Å². The number of oxime groups is 1. The molecule has 0 bridgehead atoms. The molecule has 4 nitrogen and oxygen atoms in total. The number of ketones is 1. The van der Waals surface area contributed by atoms with E-state index in [2.05, 4.69) is 5.16 Å². The summed E-state index contributed by atoms with van der Waals surface area (Å²) in [5, 5.41) is 11.3. The molecule has 0 saturated carbocycles. The smallest absolute Gasteiger partial charge is 0.217 e. The number of fused-ring (bicyclic) bond motifs is 1. The predicted octanol–water partition coefficient (Wildman–Crippen LogP) is 1.09. The van der Waals surface area contributed by atoms with Crippen LogP contribution in [0.1, 0.15) is 10.4 Å². The molecule has 1 aliphatic heterocycles. The average Bonchev–Trinajstić information content (AvgIpc) is 2.19. The van der Waals surface area contributed by atoms with Crippen molar-refractivity contribution >= 4 is 11.5 Å². The Bertz CT molecular complexity index is 384. The molecule has 0 atom stereocenters. The number of ether oxygens (including phenoxy) is 1. The second-order valence-corrected chi connectivity index (χ2v) is 2.66. The first kappa shape index (κ1) is 7.79. The van der Waals surface area contributed by atoms with Gasteiger partial charge in [-0.2, -0.15) is 0 Å². The van der Waals surface area contributed by atoms with E-state index in [4.69, 9.17) is 9.94 Å². The van der Waals surface area contributed by atoms with Gasteiger partial charge >= 0.3 is 0 Å². The Labute approximate surface area is 74.4 Å². The van der Waals surface area contributed by atoms with Gasteiger partial charge in [-0.15, -0.1) is 0 Å². The summed E-state index contributed by atoms with van der Waals surface area (Å²) in [5.41, 5.74) is 0.486. The molecule has 66 valence electrons. The molecule has 0 amide bonds. The molecule has 1 aliphatic rings. The van der Waals surface area contributed by atoms with Gasteiger partial charge in [-0.05, 0) is 12.1 Å². The van der Waals surface area contributed by atoms with E-state index < -0.39 is 0 Å². The van der Waals surface area contributed by atoms with Crippen molar-refractivity contribution < 1.29 is 14.7 Å². The van der Waals surface area contributed by atoms with Crippen LogP contribution in [0.4, 0.5) is 0 Å². The highest BCUT2D eigenvalue weighted by Crippen LogP contribution is 2.22. The van der Waals surface area contributed by atoms with E-state index in [0.717, 1.165) is 0 Å². The highest BCUT2D eigenvalue weighted by atomic mass is 16.5. The zero-order valence-corrected chi connectivity index (χ0v) is 6.73. The maximum Gasteiger partial charge on any atom is 0.217 e. The second-order valence-electron chi connectivity index (χ2n) is 2.66. The summed E-state index contributed by atoms with van der Waals surface area (Å²) < 4.78 is 5.19. The molecule has 1 aromatic rings. The Morgan fingerprint density at radius 2 is 2.15 bits per heavy atom. The molecule has 0 saturated heterocycles. The van der Waals surface area contributed by atoms with Gasteiger partial charge in [0.2, 0.25) is 5.78 Å². The summed E-state index contributed by atoms with van der Waals surface area (Å²) >= 11 is 0. The van der Waals surface area contributed by atoms with E-state index in [1.165, 1.54) is 0 Å². The third-order valence-electron chi connectivity index (χ3n) is 1.88. The normalized spacial score (nSPS) is 18.2. The Balaban J connectivity index is 2.51. The minimum Gasteiger partial charge on any atom is -0.486 e. The number of carbonyl (C=O) groups is 1. The maximum absolute atomic E-state index is 11.5. The molecule has 13 heavy (non-hydrogen) atoms. The van der Waals surface area contributed by atoms with Crippen molar-refractivity contribution in [1.82, 2.24) is 0 Å². The highest BCUT2D eigenvalue weighted by Gasteiger charge is 2.24. The molecule has 1 heterocycles. The zero-order valence-electron chi connectivity index (χ0n) is 6.73. The van der Waals surface area contributed by atoms with Crippen LogP contribution in [0.25, 0.3) is 0 Å². The predicted molar refractivity (Wildman–Crippen MR) is 45.5 cm³/mol. The summed E-state index contributed by atoms with van der Waals surface area (Å²) in [6, 6.07) is 6.87. The van der Waals surface area contributed by atoms with E-state index in [0.29, 0.717) is 11.3 Å². The van der Waals surface area contributed by atoms with E-state index in [-0.39, 0.29) is 18.1 Å². The number of Topliss-reactive ketones (excluding diaryl/α,β-unsaturated/α-hetero) is 1. The Morgan fingerprint density at radius 3 is 2.92 bits per heavy atom. The first-order valence-corrected chi connectivity index (χ1v) is 3.80. The van der Waals surface area contributed by atoms with Crippen molar-refractivity contribution in [3.63, 3.8) is 0 Å². The topological polar surface area (TPSA) is 58.9 Å². The van der Waals surface area contributed by atoms with Gasteiger partial charge in [0.05, 0.1) is 5.56 Å². The van der Waals surface area contributed by atoms with Gasteiger partial charge in [0.15, 0.2) is 5.71 Å². The molecule has 1 aromatic carbocycles. The quantitative estimate of drug-likeness (QED) is 0.476. The van der Waals surface area contributed by atoms with E-state index >= 15 is 0 Å². The molecule has 0 unspecified atom stereocenters. The Hall–Kier alpha value is -1.84. The lowest BCUT2D eigenvalue weighted by Crippen LogP contribution is -2.27. The van der Waals surface area contributed by atoms with E-state index in [9.17, 15) is 4.79 Å². The summed E-state index contributed by atoms with van der Waals surface area (Å²) in [6.45, 7) is 0.0341. The van der Waals surface area contributed by atoms with E-state index in [1.807, 2.05) is 0 Å². The molecule has 4 heteroatoms. The lowest BCUT2D eigenvalue weighted by atomic mass is 10.0. The fourth-order valence-electron chi connectivity index (χ4n) is 1.22. The highest BCUT2D eigenvalue weighted by molar-refractivity contribution is 6.47. The number of nitrogens with zero attached hydrogens (tertiary/aromatic N) is 1. The van der Waals surface area contributed by atoms with Crippen molar-refractivity contribution in [2.75, 3.05) is 6.61 Å². The van der Waals surface area contributed by atoms with Crippen LogP contribution in [0.15, 0.2) is 29.4 Å². The van der Waals surface area contributed by atoms with Gasteiger partial charge in [0, 0.05) is 0 Å². The first-order chi connectivity index (χ1) is 6.33. The number of benzene rings is 1. The number of rotatable bonds is 0. The van der Waals surface area contributed by atoms with Gasteiger partial charge < -0.3 is 9.94 Å². The van der Waals surface area contributed by atoms with Gasteiger partial charge in [0.25, 0.3) is 0 Å². The minimum absolute atomic E-state index is 0.0341. The second kappa shape index (κ2) is 2.90. The molecule has 1 N–H and O–H groups in total. The van der Waals surface area contributed by atoms with Crippen molar-refractivity contribution in [3.8, 4) is 5.75 Å². The van der Waals surface area contributed by atoms with Crippen molar-refractivity contribution in [2.45, 2.75) is 0 Å². The lowest BCUT2D eigenvalue weighted by molar-refractivity contribution is 0.104. The Kier molecular flexibility index (Phi) is 1.73. The van der Waals surface area contributed by atoms with Crippen LogP contribution in [0.3, 0.4) is 0 Å². The monoisotopic (exact) mass is 177 g/mol. The molecule has 0 aliphatic carbocycles. The molecule has 2 rings (SSSR count). The summed E-state index contributed by atoms with van der Waals surface area (Å²) in [6.07, 6.45) is 0. The average molecular weight is 177 g/mol. The molecular formula is C9H7NO3. The number of carbonyl (C=O) groups excluding carboxylic acids is 1. The number of hydrogen-bond donors (Lipinski definition) is 1. The van der Waals surface area contributed by atoms with E-state index in [1.54, 1.807) is 24.3 Å². The Morgan fingerprint density at radius 1 is 1.38 bits per heavy atom. The van der Waals surface area contributed by atoms with Gasteiger partial charge in [-0.25, -0.2) is 0 Å². The summed E-state index contributed by atoms with van der Waals surface area (Å²) in [5.74, 6) is 0.268. The summed E-state index contributed by atoms with van der Waals surface area (Å²) in [7, 11) is 0. The fourth-order valence-corrected chi connectivity index (χ4v) is 1.22. The van der Waals surface area contributed by atoms with Crippen LogP contribution in [-0.4, -0.2) is 23.3 Å². The maximum atomic E-state index is 11.5. The number of para-hydroxylation sites is 1. The standard InChI is InChI=1S/C9H7NO3/c11-9-6-3-1-2-4-8(6)13-5-7(9)10-12/h1-4,12H,5H2/b10-7+. The molecule has 0 aromatic heterocycles. The fraction of sp³-hybridized carbons (Fsp3) is 0.111. The van der Waals surface area contributed by atoms with Crippen molar-refractivity contribution in [3.05, 3.63) is 29.8 Å². The summed E-state index contributed by atoms with van der Waals surface area (Å²) in [4.78, 5) is 11.5. The van der Waals surface area contributed by atoms with Crippen molar-refractivity contribution in [1.29, 1.82) is 0 Å². The van der Waals surface area contributed by atoms with Gasteiger partial charge in [0.1, 0.15) is 12.4 Å². The van der Waals surface area contributed by atoms with Crippen molar-refractivity contribution in [2.24, 2.45) is 5.16 Å². The molecule has 0 fully saturated rings. The lowest BCUT2D eigenvalue weighted by Gasteiger charge is -2.15. The minimum atomic E-state index is -0.274. The largest absolute Gasteiger partial charge is 0.486 e.